The molecule has 0 amide bonds. The maximum atomic E-state index is 12.4. The van der Waals surface area contributed by atoms with Crippen LogP contribution in [-0.2, 0) is 5.60 Å². The average Bonchev–Trinajstić information content (AvgIpc) is 3.23. The molecule has 0 spiro atoms. The van der Waals surface area contributed by atoms with Gasteiger partial charge >= 0.3 is 6.61 Å². The number of benzene rings is 2. The standard InChI is InChI=1S/C21H18F2N4O4/c22-20(23)31-16-8-6-14(7-9-16)19-26-25-17-10-24-11-18(27(17)19)30-13-21(29,12-28)15-4-2-1-3-5-15/h1-11,20,28-29H,12-13H2. The van der Waals surface area contributed by atoms with Crippen LogP contribution in [0.15, 0.2) is 67.0 Å². The van der Waals surface area contributed by atoms with E-state index in [9.17, 15) is 19.0 Å². The minimum atomic E-state index is -2.92. The molecule has 0 aliphatic heterocycles. The average molecular weight is 428 g/mol. The number of aliphatic hydroxyl groups excluding tert-OH is 1. The Labute approximate surface area is 175 Å². The Morgan fingerprint density at radius 1 is 1.00 bits per heavy atom. The zero-order valence-electron chi connectivity index (χ0n) is 16.1. The molecule has 8 nitrogen and oxygen atoms in total. The second-order valence-corrected chi connectivity index (χ2v) is 6.71. The van der Waals surface area contributed by atoms with E-state index in [0.717, 1.165) is 0 Å². The number of alkyl halides is 2. The molecular weight excluding hydrogens is 410 g/mol. The number of hydrogen-bond donors (Lipinski definition) is 2. The van der Waals surface area contributed by atoms with Crippen LogP contribution in [-0.4, -0.2) is 49.6 Å². The fourth-order valence-corrected chi connectivity index (χ4v) is 3.06. The number of aromatic nitrogens is 4. The molecule has 4 aromatic rings. The third-order valence-electron chi connectivity index (χ3n) is 4.65. The fraction of sp³-hybridized carbons (Fsp3) is 0.190. The highest BCUT2D eigenvalue weighted by Crippen LogP contribution is 2.27. The first-order valence-corrected chi connectivity index (χ1v) is 9.26. The second kappa shape index (κ2) is 8.62. The van der Waals surface area contributed by atoms with Crippen LogP contribution < -0.4 is 9.47 Å². The summed E-state index contributed by atoms with van der Waals surface area (Å²) in [5.41, 5.74) is -0.180. The lowest BCUT2D eigenvalue weighted by molar-refractivity contribution is -0.0537. The Morgan fingerprint density at radius 2 is 1.74 bits per heavy atom. The highest BCUT2D eigenvalue weighted by Gasteiger charge is 2.30. The van der Waals surface area contributed by atoms with Gasteiger partial charge in [-0.15, -0.1) is 10.2 Å². The summed E-state index contributed by atoms with van der Waals surface area (Å²) in [7, 11) is 0. The van der Waals surface area contributed by atoms with Crippen molar-refractivity contribution in [1.82, 2.24) is 19.6 Å². The van der Waals surface area contributed by atoms with Crippen molar-refractivity contribution in [3.63, 3.8) is 0 Å². The largest absolute Gasteiger partial charge is 0.474 e. The van der Waals surface area contributed by atoms with Gasteiger partial charge in [0.2, 0.25) is 5.88 Å². The summed E-state index contributed by atoms with van der Waals surface area (Å²) in [6.07, 6.45) is 2.91. The molecule has 10 heteroatoms. The quantitative estimate of drug-likeness (QED) is 0.445. The molecule has 0 saturated heterocycles. The van der Waals surface area contributed by atoms with Crippen LogP contribution in [0.3, 0.4) is 0 Å². The summed E-state index contributed by atoms with van der Waals surface area (Å²) in [5, 5.41) is 28.8. The molecular formula is C21H18F2N4O4. The molecule has 0 radical (unpaired) electrons. The first-order chi connectivity index (χ1) is 15.0. The Hall–Kier alpha value is -3.63. The summed E-state index contributed by atoms with van der Waals surface area (Å²) in [5.74, 6) is 0.623. The summed E-state index contributed by atoms with van der Waals surface area (Å²) >= 11 is 0. The molecule has 2 aromatic heterocycles. The lowest BCUT2D eigenvalue weighted by Crippen LogP contribution is -2.37. The number of halogens is 2. The van der Waals surface area contributed by atoms with Gasteiger partial charge in [-0.05, 0) is 29.8 Å². The first-order valence-electron chi connectivity index (χ1n) is 9.26. The van der Waals surface area contributed by atoms with Crippen molar-refractivity contribution in [2.75, 3.05) is 13.2 Å². The van der Waals surface area contributed by atoms with Crippen LogP contribution in [0.1, 0.15) is 5.56 Å². The van der Waals surface area contributed by atoms with Crippen LogP contribution in [0.2, 0.25) is 0 Å². The maximum absolute atomic E-state index is 12.4. The van der Waals surface area contributed by atoms with Crippen LogP contribution in [0, 0.1) is 0 Å². The van der Waals surface area contributed by atoms with Gasteiger partial charge in [0.1, 0.15) is 18.0 Å². The molecule has 0 saturated carbocycles. The van der Waals surface area contributed by atoms with E-state index in [-0.39, 0.29) is 18.2 Å². The van der Waals surface area contributed by atoms with Crippen LogP contribution in [0.5, 0.6) is 11.6 Å². The molecule has 0 aliphatic rings. The second-order valence-electron chi connectivity index (χ2n) is 6.71. The molecule has 0 aliphatic carbocycles. The molecule has 1 unspecified atom stereocenters. The normalized spacial score (nSPS) is 13.3. The van der Waals surface area contributed by atoms with Crippen molar-refractivity contribution in [2.45, 2.75) is 12.2 Å². The van der Waals surface area contributed by atoms with Gasteiger partial charge < -0.3 is 19.7 Å². The topological polar surface area (TPSA) is 102 Å². The maximum Gasteiger partial charge on any atom is 0.387 e. The van der Waals surface area contributed by atoms with Crippen molar-refractivity contribution in [3.8, 4) is 23.0 Å². The molecule has 2 N–H and O–H groups in total. The van der Waals surface area contributed by atoms with E-state index in [4.69, 9.17) is 4.74 Å². The zero-order valence-corrected chi connectivity index (χ0v) is 16.1. The van der Waals surface area contributed by atoms with Gasteiger partial charge in [0.05, 0.1) is 19.0 Å². The van der Waals surface area contributed by atoms with Crippen molar-refractivity contribution in [2.24, 2.45) is 0 Å². The zero-order chi connectivity index (χ0) is 21.8. The van der Waals surface area contributed by atoms with Gasteiger partial charge in [0.25, 0.3) is 0 Å². The highest BCUT2D eigenvalue weighted by atomic mass is 19.3. The molecule has 160 valence electrons. The Morgan fingerprint density at radius 3 is 2.42 bits per heavy atom. The molecule has 1 atom stereocenters. The Bertz CT molecular complexity index is 1160. The molecule has 0 bridgehead atoms. The highest BCUT2D eigenvalue weighted by molar-refractivity contribution is 5.61. The minimum Gasteiger partial charge on any atom is -0.474 e. The van der Waals surface area contributed by atoms with Crippen LogP contribution >= 0.6 is 0 Å². The van der Waals surface area contributed by atoms with Crippen LogP contribution in [0.4, 0.5) is 8.78 Å². The van der Waals surface area contributed by atoms with E-state index >= 15 is 0 Å². The van der Waals surface area contributed by atoms with Crippen molar-refractivity contribution < 1.29 is 28.5 Å². The van der Waals surface area contributed by atoms with E-state index in [2.05, 4.69) is 19.9 Å². The molecule has 2 aromatic carbocycles. The summed E-state index contributed by atoms with van der Waals surface area (Å²) in [4.78, 5) is 4.07. The Balaban J connectivity index is 1.64. The van der Waals surface area contributed by atoms with E-state index < -0.39 is 18.8 Å². The van der Waals surface area contributed by atoms with Gasteiger partial charge in [-0.25, -0.2) is 4.40 Å². The number of fused-ring (bicyclic) bond motifs is 1. The van der Waals surface area contributed by atoms with Crippen molar-refractivity contribution >= 4 is 5.65 Å². The van der Waals surface area contributed by atoms with Crippen molar-refractivity contribution in [1.29, 1.82) is 0 Å². The number of nitrogens with zero attached hydrogens (tertiary/aromatic N) is 4. The Kier molecular flexibility index (Phi) is 5.74. The number of rotatable bonds is 8. The minimum absolute atomic E-state index is 0.0154. The van der Waals surface area contributed by atoms with E-state index in [1.54, 1.807) is 46.9 Å². The van der Waals surface area contributed by atoms with E-state index in [1.807, 2.05) is 0 Å². The number of aliphatic hydroxyl groups is 2. The van der Waals surface area contributed by atoms with Gasteiger partial charge in [-0.2, -0.15) is 8.78 Å². The predicted molar refractivity (Wildman–Crippen MR) is 106 cm³/mol. The van der Waals surface area contributed by atoms with Gasteiger partial charge in [-0.3, -0.25) is 4.98 Å². The van der Waals surface area contributed by atoms with Crippen molar-refractivity contribution in [3.05, 3.63) is 72.6 Å². The molecule has 31 heavy (non-hydrogen) atoms. The van der Waals surface area contributed by atoms with Crippen LogP contribution in [0.25, 0.3) is 17.0 Å². The molecule has 2 heterocycles. The molecule has 0 fully saturated rings. The smallest absolute Gasteiger partial charge is 0.387 e. The predicted octanol–water partition coefficient (Wildman–Crippen LogP) is 2.65. The van der Waals surface area contributed by atoms with Gasteiger partial charge in [0.15, 0.2) is 11.5 Å². The van der Waals surface area contributed by atoms with Gasteiger partial charge in [-0.1, -0.05) is 30.3 Å². The monoisotopic (exact) mass is 428 g/mol. The van der Waals surface area contributed by atoms with Gasteiger partial charge in [0, 0.05) is 5.56 Å². The van der Waals surface area contributed by atoms with E-state index in [1.165, 1.54) is 24.5 Å². The fourth-order valence-electron chi connectivity index (χ4n) is 3.06. The third-order valence-corrected chi connectivity index (χ3v) is 4.65. The van der Waals surface area contributed by atoms with E-state index in [0.29, 0.717) is 22.6 Å². The summed E-state index contributed by atoms with van der Waals surface area (Å²) in [6.45, 7) is -3.73. The lowest BCUT2D eigenvalue weighted by atomic mass is 9.96. The first kappa shape index (κ1) is 20.6. The number of ether oxygens (including phenoxy) is 2. The lowest BCUT2D eigenvalue weighted by Gasteiger charge is -2.26. The summed E-state index contributed by atoms with van der Waals surface area (Å²) in [6, 6.07) is 14.6. The molecule has 4 rings (SSSR count). The SMILES string of the molecule is OCC(O)(COc1cncc2nnc(-c3ccc(OC(F)F)cc3)n12)c1ccccc1. The summed E-state index contributed by atoms with van der Waals surface area (Å²) < 4.78 is 36.5. The number of hydrogen-bond acceptors (Lipinski definition) is 7. The third kappa shape index (κ3) is 4.30.